The van der Waals surface area contributed by atoms with Gasteiger partial charge >= 0.3 is 0 Å². The van der Waals surface area contributed by atoms with Gasteiger partial charge in [-0.2, -0.15) is 0 Å². The molecule has 1 unspecified atom stereocenters. The smallest absolute Gasteiger partial charge is 0.276 e. The molecule has 1 atom stereocenters. The predicted molar refractivity (Wildman–Crippen MR) is 104 cm³/mol. The highest BCUT2D eigenvalue weighted by Crippen LogP contribution is 2.25. The topological polar surface area (TPSA) is 95.1 Å². The van der Waals surface area contributed by atoms with Crippen LogP contribution >= 0.6 is 0 Å². The van der Waals surface area contributed by atoms with Crippen molar-refractivity contribution in [3.05, 3.63) is 52.4 Å². The predicted octanol–water partition coefficient (Wildman–Crippen LogP) is 1.29. The van der Waals surface area contributed by atoms with Gasteiger partial charge in [-0.15, -0.1) is 0 Å². The minimum Gasteiger partial charge on any atom is -0.398 e. The zero-order valence-corrected chi connectivity index (χ0v) is 14.9. The molecule has 136 valence electrons. The van der Waals surface area contributed by atoms with E-state index in [2.05, 4.69) is 4.90 Å². The second-order valence-corrected chi connectivity index (χ2v) is 7.01. The number of nitrogen functional groups attached to an aromatic ring is 1. The molecule has 1 saturated heterocycles. The van der Waals surface area contributed by atoms with Crippen LogP contribution < -0.4 is 21.9 Å². The van der Waals surface area contributed by atoms with Crippen LogP contribution in [0.2, 0.25) is 0 Å². The number of anilines is 2. The number of piperidine rings is 1. The van der Waals surface area contributed by atoms with Crippen LogP contribution in [0.3, 0.4) is 0 Å². The van der Waals surface area contributed by atoms with Crippen molar-refractivity contribution in [2.75, 3.05) is 23.7 Å². The number of hydrogen-bond donors (Lipinski definition) is 2. The van der Waals surface area contributed by atoms with Gasteiger partial charge in [0.05, 0.1) is 12.1 Å². The maximum absolute atomic E-state index is 12.8. The number of aryl methyl sites for hydroxylation is 1. The molecule has 1 aromatic carbocycles. The molecule has 4 N–H and O–H groups in total. The quantitative estimate of drug-likeness (QED) is 0.693. The van der Waals surface area contributed by atoms with Gasteiger partial charge in [0.2, 0.25) is 5.95 Å². The minimum atomic E-state index is -0.0583. The Morgan fingerprint density at radius 2 is 2.08 bits per heavy atom. The highest BCUT2D eigenvalue weighted by Gasteiger charge is 2.24. The number of pyridine rings is 1. The van der Waals surface area contributed by atoms with Gasteiger partial charge in [-0.25, -0.2) is 4.98 Å². The monoisotopic (exact) mass is 352 g/mol. The fraction of sp³-hybridized carbons (Fsp3) is 0.368. The number of benzene rings is 1. The zero-order valence-electron chi connectivity index (χ0n) is 14.9. The Bertz CT molecular complexity index is 1000. The van der Waals surface area contributed by atoms with E-state index in [1.807, 2.05) is 34.9 Å². The molecular formula is C19H24N6O. The molecule has 3 heterocycles. The molecule has 0 saturated carbocycles. The summed E-state index contributed by atoms with van der Waals surface area (Å²) >= 11 is 0. The van der Waals surface area contributed by atoms with Crippen molar-refractivity contribution in [2.45, 2.75) is 25.4 Å². The van der Waals surface area contributed by atoms with Crippen LogP contribution in [0.25, 0.3) is 11.0 Å². The van der Waals surface area contributed by atoms with Crippen LogP contribution in [0.15, 0.2) is 41.3 Å². The van der Waals surface area contributed by atoms with Gasteiger partial charge in [-0.1, -0.05) is 18.2 Å². The third-order valence-corrected chi connectivity index (χ3v) is 5.08. The van der Waals surface area contributed by atoms with Crippen LogP contribution in [0, 0.1) is 0 Å². The largest absolute Gasteiger partial charge is 0.398 e. The summed E-state index contributed by atoms with van der Waals surface area (Å²) in [5.41, 5.74) is 15.3. The van der Waals surface area contributed by atoms with E-state index in [1.54, 1.807) is 17.8 Å². The second-order valence-electron chi connectivity index (χ2n) is 7.01. The summed E-state index contributed by atoms with van der Waals surface area (Å²) in [6, 6.07) is 9.74. The van der Waals surface area contributed by atoms with Crippen molar-refractivity contribution in [3.8, 4) is 0 Å². The molecule has 3 aromatic rings. The van der Waals surface area contributed by atoms with Crippen LogP contribution in [0.5, 0.6) is 0 Å². The third-order valence-electron chi connectivity index (χ3n) is 5.08. The van der Waals surface area contributed by atoms with E-state index < -0.39 is 0 Å². The SMILES string of the molecule is Cn1ccc2nc(N3CCCC(N)C3)n(Cc3ccccc3N)c2c1=O. The van der Waals surface area contributed by atoms with E-state index in [0.717, 1.165) is 37.4 Å². The van der Waals surface area contributed by atoms with Gasteiger partial charge < -0.3 is 25.5 Å². The number of hydrogen-bond acceptors (Lipinski definition) is 5. The Kier molecular flexibility index (Phi) is 4.16. The van der Waals surface area contributed by atoms with Crippen molar-refractivity contribution in [1.29, 1.82) is 0 Å². The Morgan fingerprint density at radius 1 is 1.27 bits per heavy atom. The van der Waals surface area contributed by atoms with Gasteiger partial charge in [0, 0.05) is 38.1 Å². The number of fused-ring (bicyclic) bond motifs is 1. The molecular weight excluding hydrogens is 328 g/mol. The first-order valence-corrected chi connectivity index (χ1v) is 8.94. The number of aromatic nitrogens is 3. The third kappa shape index (κ3) is 2.84. The summed E-state index contributed by atoms with van der Waals surface area (Å²) in [6.45, 7) is 2.14. The summed E-state index contributed by atoms with van der Waals surface area (Å²) < 4.78 is 3.57. The molecule has 7 heteroatoms. The fourth-order valence-corrected chi connectivity index (χ4v) is 3.65. The van der Waals surface area contributed by atoms with Gasteiger partial charge in [-0.05, 0) is 30.5 Å². The van der Waals surface area contributed by atoms with Crippen LogP contribution in [0.4, 0.5) is 11.6 Å². The summed E-state index contributed by atoms with van der Waals surface area (Å²) in [7, 11) is 1.76. The maximum atomic E-state index is 12.8. The first-order valence-electron chi connectivity index (χ1n) is 8.94. The van der Waals surface area contributed by atoms with E-state index in [-0.39, 0.29) is 11.6 Å². The molecule has 7 nitrogen and oxygen atoms in total. The van der Waals surface area contributed by atoms with E-state index in [9.17, 15) is 4.79 Å². The molecule has 1 aliphatic heterocycles. The first kappa shape index (κ1) is 16.7. The van der Waals surface area contributed by atoms with E-state index in [0.29, 0.717) is 23.3 Å². The Balaban J connectivity index is 1.89. The molecule has 4 rings (SSSR count). The van der Waals surface area contributed by atoms with Crippen LogP contribution in [-0.2, 0) is 13.6 Å². The molecule has 0 spiro atoms. The maximum Gasteiger partial charge on any atom is 0.276 e. The van der Waals surface area contributed by atoms with Crippen molar-refractivity contribution >= 4 is 22.7 Å². The van der Waals surface area contributed by atoms with Crippen LogP contribution in [-0.4, -0.2) is 33.2 Å². The Labute approximate surface area is 151 Å². The summed E-state index contributed by atoms with van der Waals surface area (Å²) in [4.78, 5) is 19.8. The Hall–Kier alpha value is -2.80. The molecule has 26 heavy (non-hydrogen) atoms. The lowest BCUT2D eigenvalue weighted by molar-refractivity contribution is 0.495. The molecule has 0 aliphatic carbocycles. The molecule has 0 radical (unpaired) electrons. The minimum absolute atomic E-state index is 0.0583. The van der Waals surface area contributed by atoms with Gasteiger partial charge in [0.1, 0.15) is 5.52 Å². The molecule has 1 fully saturated rings. The first-order chi connectivity index (χ1) is 12.5. The lowest BCUT2D eigenvalue weighted by atomic mass is 10.1. The molecule has 0 amide bonds. The van der Waals surface area contributed by atoms with Gasteiger partial charge in [0.25, 0.3) is 5.56 Å². The summed E-state index contributed by atoms with van der Waals surface area (Å²) in [5.74, 6) is 0.793. The highest BCUT2D eigenvalue weighted by atomic mass is 16.1. The van der Waals surface area contributed by atoms with Gasteiger partial charge in [0.15, 0.2) is 0 Å². The van der Waals surface area contributed by atoms with Crippen molar-refractivity contribution in [2.24, 2.45) is 12.8 Å². The summed E-state index contributed by atoms with van der Waals surface area (Å²) in [5, 5.41) is 0. The second kappa shape index (κ2) is 6.49. The number of nitrogens with two attached hydrogens (primary N) is 2. The fourth-order valence-electron chi connectivity index (χ4n) is 3.65. The van der Waals surface area contributed by atoms with Crippen molar-refractivity contribution < 1.29 is 0 Å². The van der Waals surface area contributed by atoms with Gasteiger partial charge in [-0.3, -0.25) is 4.79 Å². The van der Waals surface area contributed by atoms with E-state index in [4.69, 9.17) is 16.5 Å². The standard InChI is InChI=1S/C19H24N6O/c1-23-10-8-16-17(18(23)26)25(11-13-5-2-3-7-15(13)21)19(22-16)24-9-4-6-14(20)12-24/h2-3,5,7-8,10,14H,4,6,9,11-12,20-21H2,1H3. The number of imidazole rings is 1. The number of nitrogens with zero attached hydrogens (tertiary/aromatic N) is 4. The van der Waals surface area contributed by atoms with E-state index in [1.165, 1.54) is 0 Å². The molecule has 0 bridgehead atoms. The van der Waals surface area contributed by atoms with Crippen molar-refractivity contribution in [1.82, 2.24) is 14.1 Å². The average Bonchev–Trinajstić information content (AvgIpc) is 2.99. The molecule has 2 aromatic heterocycles. The zero-order chi connectivity index (χ0) is 18.3. The van der Waals surface area contributed by atoms with Crippen LogP contribution in [0.1, 0.15) is 18.4 Å². The average molecular weight is 352 g/mol. The summed E-state index contributed by atoms with van der Waals surface area (Å²) in [6.07, 6.45) is 3.80. The highest BCUT2D eigenvalue weighted by molar-refractivity contribution is 5.78. The van der Waals surface area contributed by atoms with E-state index >= 15 is 0 Å². The van der Waals surface area contributed by atoms with Crippen molar-refractivity contribution in [3.63, 3.8) is 0 Å². The normalized spacial score (nSPS) is 17.8. The Morgan fingerprint density at radius 3 is 2.85 bits per heavy atom. The number of rotatable bonds is 3. The number of para-hydroxylation sites is 1. The lowest BCUT2D eigenvalue weighted by Crippen LogP contribution is -2.44. The molecule has 1 aliphatic rings. The lowest BCUT2D eigenvalue weighted by Gasteiger charge is -2.32.